The van der Waals surface area contributed by atoms with Crippen molar-refractivity contribution < 1.29 is 4.79 Å². The summed E-state index contributed by atoms with van der Waals surface area (Å²) in [5, 5.41) is 6.84. The topological polar surface area (TPSA) is 46.9 Å². The van der Waals surface area contributed by atoms with Gasteiger partial charge in [0.2, 0.25) is 0 Å². The van der Waals surface area contributed by atoms with E-state index in [2.05, 4.69) is 26.3 Å². The fraction of sp³-hybridized carbons (Fsp3) is 0.231. The Morgan fingerprint density at radius 3 is 2.72 bits per heavy atom. The number of hydrogen-bond acceptors (Lipinski definition) is 2. The van der Waals surface area contributed by atoms with Crippen molar-refractivity contribution in [3.05, 3.63) is 53.9 Å². The Morgan fingerprint density at radius 1 is 1.39 bits per heavy atom. The Hall–Kier alpha value is -1.62. The van der Waals surface area contributed by atoms with Gasteiger partial charge in [0.1, 0.15) is 5.69 Å². The second kappa shape index (κ2) is 5.82. The highest BCUT2D eigenvalue weighted by atomic mass is 79.9. The van der Waals surface area contributed by atoms with Gasteiger partial charge in [-0.15, -0.1) is 0 Å². The lowest BCUT2D eigenvalue weighted by molar-refractivity contribution is 0.0944. The largest absolute Gasteiger partial charge is 0.349 e. The molecule has 94 valence electrons. The van der Waals surface area contributed by atoms with Crippen molar-refractivity contribution in [3.8, 4) is 0 Å². The molecule has 2 rings (SSSR count). The van der Waals surface area contributed by atoms with Crippen molar-refractivity contribution in [1.82, 2.24) is 15.1 Å². The molecule has 0 fully saturated rings. The minimum atomic E-state index is -0.115. The molecular formula is C13H14BrN3O. The summed E-state index contributed by atoms with van der Waals surface area (Å²) in [6.07, 6.45) is 1.61. The van der Waals surface area contributed by atoms with Gasteiger partial charge in [0.15, 0.2) is 0 Å². The molecule has 4 nitrogen and oxygen atoms in total. The van der Waals surface area contributed by atoms with E-state index in [4.69, 9.17) is 0 Å². The highest BCUT2D eigenvalue weighted by Crippen LogP contribution is 2.21. The first kappa shape index (κ1) is 12.8. The predicted octanol–water partition coefficient (Wildman–Crippen LogP) is 2.29. The number of hydrogen-bond donors (Lipinski definition) is 1. The number of benzene rings is 1. The number of nitrogens with one attached hydrogen (secondary N) is 1. The Bertz CT molecular complexity index is 524. The minimum Gasteiger partial charge on any atom is -0.349 e. The van der Waals surface area contributed by atoms with Gasteiger partial charge in [-0.3, -0.25) is 9.48 Å². The zero-order valence-corrected chi connectivity index (χ0v) is 11.6. The Balaban J connectivity index is 1.93. The van der Waals surface area contributed by atoms with Crippen LogP contribution in [0.2, 0.25) is 0 Å². The molecule has 1 N–H and O–H groups in total. The summed E-state index contributed by atoms with van der Waals surface area (Å²) in [4.78, 5) is 12.0. The highest BCUT2D eigenvalue weighted by molar-refractivity contribution is 9.09. The average Bonchev–Trinajstić information content (AvgIpc) is 2.83. The zero-order valence-electron chi connectivity index (χ0n) is 10.0. The molecule has 0 spiro atoms. The van der Waals surface area contributed by atoms with Crippen LogP contribution in [0.5, 0.6) is 0 Å². The van der Waals surface area contributed by atoms with Gasteiger partial charge in [-0.25, -0.2) is 0 Å². The number of nitrogens with zero attached hydrogens (tertiary/aromatic N) is 2. The van der Waals surface area contributed by atoms with Gasteiger partial charge in [0, 0.05) is 19.8 Å². The number of aryl methyl sites for hydroxylation is 1. The summed E-state index contributed by atoms with van der Waals surface area (Å²) in [6, 6.07) is 11.7. The molecule has 1 aromatic carbocycles. The Kier molecular flexibility index (Phi) is 4.15. The van der Waals surface area contributed by atoms with Crippen LogP contribution in [0, 0.1) is 0 Å². The number of aromatic nitrogens is 2. The molecule has 1 amide bonds. The smallest absolute Gasteiger partial charge is 0.269 e. The molecule has 0 saturated carbocycles. The quantitative estimate of drug-likeness (QED) is 0.881. The van der Waals surface area contributed by atoms with Crippen LogP contribution in [0.1, 0.15) is 20.9 Å². The Labute approximate surface area is 114 Å². The van der Waals surface area contributed by atoms with Crippen molar-refractivity contribution in [2.45, 2.75) is 4.83 Å². The van der Waals surface area contributed by atoms with Gasteiger partial charge in [-0.1, -0.05) is 46.3 Å². The molecule has 5 heteroatoms. The molecule has 2 aromatic rings. The highest BCUT2D eigenvalue weighted by Gasteiger charge is 2.12. The van der Waals surface area contributed by atoms with Crippen LogP contribution in [0.25, 0.3) is 0 Å². The van der Waals surface area contributed by atoms with Crippen LogP contribution in [-0.2, 0) is 7.05 Å². The molecule has 1 heterocycles. The molecule has 0 aliphatic heterocycles. The summed E-state index contributed by atoms with van der Waals surface area (Å²) in [5.74, 6) is -0.115. The summed E-state index contributed by atoms with van der Waals surface area (Å²) in [5.41, 5.74) is 1.70. The molecule has 1 aromatic heterocycles. The predicted molar refractivity (Wildman–Crippen MR) is 73.7 cm³/mol. The number of carbonyl (C=O) groups excluding carboxylic acids is 1. The molecule has 0 aliphatic rings. The van der Waals surface area contributed by atoms with Crippen LogP contribution in [0.15, 0.2) is 42.6 Å². The first-order chi connectivity index (χ1) is 8.68. The zero-order chi connectivity index (χ0) is 13.0. The molecule has 0 bridgehead atoms. The van der Waals surface area contributed by atoms with Crippen molar-refractivity contribution in [1.29, 1.82) is 0 Å². The van der Waals surface area contributed by atoms with Gasteiger partial charge >= 0.3 is 0 Å². The Morgan fingerprint density at radius 2 is 2.11 bits per heavy atom. The van der Waals surface area contributed by atoms with E-state index in [9.17, 15) is 4.79 Å². The average molecular weight is 308 g/mol. The van der Waals surface area contributed by atoms with Crippen molar-refractivity contribution in [2.75, 3.05) is 6.54 Å². The summed E-state index contributed by atoms with van der Waals surface area (Å²) in [6.45, 7) is 0.536. The maximum atomic E-state index is 11.9. The lowest BCUT2D eigenvalue weighted by Crippen LogP contribution is -2.28. The molecule has 0 aliphatic carbocycles. The number of alkyl halides is 1. The van der Waals surface area contributed by atoms with Crippen molar-refractivity contribution >= 4 is 21.8 Å². The van der Waals surface area contributed by atoms with E-state index < -0.39 is 0 Å². The van der Waals surface area contributed by atoms with Gasteiger partial charge < -0.3 is 5.32 Å². The van der Waals surface area contributed by atoms with E-state index in [1.807, 2.05) is 30.3 Å². The third kappa shape index (κ3) is 2.98. The maximum absolute atomic E-state index is 11.9. The first-order valence-electron chi connectivity index (χ1n) is 5.63. The number of rotatable bonds is 4. The number of amides is 1. The van der Waals surface area contributed by atoms with Gasteiger partial charge in [0.05, 0.1) is 4.83 Å². The molecule has 0 radical (unpaired) electrons. The van der Waals surface area contributed by atoms with Crippen molar-refractivity contribution in [3.63, 3.8) is 0 Å². The SMILES string of the molecule is Cn1nccc1C(=O)NCC(Br)c1ccccc1. The third-order valence-corrected chi connectivity index (χ3v) is 3.51. The number of halogens is 1. The van der Waals surface area contributed by atoms with E-state index in [1.54, 1.807) is 24.0 Å². The third-order valence-electron chi connectivity index (χ3n) is 2.66. The number of carbonyl (C=O) groups is 1. The standard InChI is InChI=1S/C13H14BrN3O/c1-17-12(7-8-16-17)13(18)15-9-11(14)10-5-3-2-4-6-10/h2-8,11H,9H2,1H3,(H,15,18). The minimum absolute atomic E-state index is 0.107. The van der Waals surface area contributed by atoms with Crippen LogP contribution in [0.4, 0.5) is 0 Å². The van der Waals surface area contributed by atoms with Crippen LogP contribution >= 0.6 is 15.9 Å². The van der Waals surface area contributed by atoms with Crippen LogP contribution < -0.4 is 5.32 Å². The lowest BCUT2D eigenvalue weighted by atomic mass is 10.1. The lowest BCUT2D eigenvalue weighted by Gasteiger charge is -2.11. The van der Waals surface area contributed by atoms with Crippen molar-refractivity contribution in [2.24, 2.45) is 7.05 Å². The normalized spacial score (nSPS) is 12.1. The summed E-state index contributed by atoms with van der Waals surface area (Å²) in [7, 11) is 1.75. The fourth-order valence-corrected chi connectivity index (χ4v) is 2.12. The van der Waals surface area contributed by atoms with E-state index in [0.29, 0.717) is 12.2 Å². The second-order valence-corrected chi connectivity index (χ2v) is 5.03. The van der Waals surface area contributed by atoms with E-state index in [-0.39, 0.29) is 10.7 Å². The molecule has 1 unspecified atom stereocenters. The van der Waals surface area contributed by atoms with Gasteiger partial charge in [-0.05, 0) is 11.6 Å². The van der Waals surface area contributed by atoms with E-state index in [0.717, 1.165) is 5.56 Å². The first-order valence-corrected chi connectivity index (χ1v) is 6.55. The monoisotopic (exact) mass is 307 g/mol. The second-order valence-electron chi connectivity index (χ2n) is 3.93. The van der Waals surface area contributed by atoms with Crippen LogP contribution in [0.3, 0.4) is 0 Å². The van der Waals surface area contributed by atoms with E-state index >= 15 is 0 Å². The molecular weight excluding hydrogens is 294 g/mol. The molecule has 18 heavy (non-hydrogen) atoms. The van der Waals surface area contributed by atoms with Crippen LogP contribution in [-0.4, -0.2) is 22.2 Å². The maximum Gasteiger partial charge on any atom is 0.269 e. The van der Waals surface area contributed by atoms with Gasteiger partial charge in [-0.2, -0.15) is 5.10 Å². The fourth-order valence-electron chi connectivity index (χ4n) is 1.65. The molecule has 1 atom stereocenters. The molecule has 0 saturated heterocycles. The summed E-state index contributed by atoms with van der Waals surface area (Å²) >= 11 is 3.56. The summed E-state index contributed by atoms with van der Waals surface area (Å²) < 4.78 is 1.56. The van der Waals surface area contributed by atoms with Gasteiger partial charge in [0.25, 0.3) is 5.91 Å². The van der Waals surface area contributed by atoms with E-state index in [1.165, 1.54) is 0 Å².